The summed E-state index contributed by atoms with van der Waals surface area (Å²) in [5, 5.41) is 5.54. The highest BCUT2D eigenvalue weighted by molar-refractivity contribution is 7.86. The van der Waals surface area contributed by atoms with Crippen LogP contribution in [0.2, 0.25) is 0 Å². The highest BCUT2D eigenvalue weighted by Crippen LogP contribution is 2.26. The fraction of sp³-hybridized carbons (Fsp3) is 0.364. The number of hydrogen-bond donors (Lipinski definition) is 2. The minimum atomic E-state index is -1.58. The summed E-state index contributed by atoms with van der Waals surface area (Å²) in [6, 6.07) is 13.6. The van der Waals surface area contributed by atoms with Crippen molar-refractivity contribution in [3.8, 4) is 0 Å². The summed E-state index contributed by atoms with van der Waals surface area (Å²) in [4.78, 5) is 24.3. The van der Waals surface area contributed by atoms with Crippen LogP contribution in [0.25, 0.3) is 0 Å². The summed E-state index contributed by atoms with van der Waals surface area (Å²) in [5.41, 5.74) is 5.04. The Morgan fingerprint density at radius 1 is 1.07 bits per heavy atom. The number of aryl methyl sites for hydroxylation is 1. The van der Waals surface area contributed by atoms with Gasteiger partial charge in [0.1, 0.15) is 17.6 Å². The van der Waals surface area contributed by atoms with Gasteiger partial charge in [-0.15, -0.1) is 0 Å². The van der Waals surface area contributed by atoms with Crippen LogP contribution in [0.15, 0.2) is 42.5 Å². The maximum absolute atomic E-state index is 12.2. The zero-order chi connectivity index (χ0) is 20.8. The molecular formula is C22H26N2O4S. The van der Waals surface area contributed by atoms with E-state index < -0.39 is 10.8 Å². The molecule has 0 radical (unpaired) electrons. The molecule has 2 N–H and O–H groups in total. The average Bonchev–Trinajstić information content (AvgIpc) is 2.69. The molecule has 0 unspecified atom stereocenters. The maximum atomic E-state index is 12.2. The second kappa shape index (κ2) is 9.80. The van der Waals surface area contributed by atoms with E-state index in [0.717, 1.165) is 23.1 Å². The monoisotopic (exact) mass is 414 g/mol. The molecule has 29 heavy (non-hydrogen) atoms. The summed E-state index contributed by atoms with van der Waals surface area (Å²) in [6.45, 7) is 4.81. The van der Waals surface area contributed by atoms with Gasteiger partial charge in [-0.1, -0.05) is 36.4 Å². The molecule has 0 saturated carbocycles. The number of ether oxygens (including phenoxy) is 1. The minimum absolute atomic E-state index is 0.204. The molecule has 1 aliphatic heterocycles. The minimum Gasteiger partial charge on any atom is -0.371 e. The summed E-state index contributed by atoms with van der Waals surface area (Å²) >= 11 is 0. The van der Waals surface area contributed by atoms with Gasteiger partial charge in [0.05, 0.1) is 6.61 Å². The van der Waals surface area contributed by atoms with Crippen LogP contribution in [0.1, 0.15) is 28.4 Å². The molecule has 2 atom stereocenters. The Morgan fingerprint density at radius 3 is 2.66 bits per heavy atom. The molecule has 0 aromatic heterocycles. The molecule has 7 heteroatoms. The Balaban J connectivity index is 1.45. The van der Waals surface area contributed by atoms with Gasteiger partial charge in [-0.2, -0.15) is 0 Å². The summed E-state index contributed by atoms with van der Waals surface area (Å²) in [5.74, 6) is -1.15. The van der Waals surface area contributed by atoms with E-state index in [1.54, 1.807) is 6.07 Å². The normalized spacial score (nSPS) is 16.6. The lowest BCUT2D eigenvalue weighted by atomic mass is 9.97. The van der Waals surface area contributed by atoms with Crippen LogP contribution < -0.4 is 10.6 Å². The molecule has 0 fully saturated rings. The van der Waals surface area contributed by atoms with Crippen LogP contribution in [-0.2, 0) is 31.5 Å². The second-order valence-corrected chi connectivity index (χ2v) is 8.59. The van der Waals surface area contributed by atoms with E-state index in [1.807, 2.05) is 44.2 Å². The quantitative estimate of drug-likeness (QED) is 0.729. The Bertz CT molecular complexity index is 929. The van der Waals surface area contributed by atoms with Gasteiger partial charge < -0.3 is 15.4 Å². The number of rotatable bonds is 7. The van der Waals surface area contributed by atoms with Crippen molar-refractivity contribution in [3.05, 3.63) is 64.7 Å². The standard InChI is InChI=1S/C22H26N2O4S/c1-15-6-5-9-19(16(15)2)24-22(26)14-29(27)13-21(25)23-12-20-18-8-4-3-7-17(18)10-11-28-20/h3-9,20H,10-14H2,1-2H3,(H,23,25)(H,24,26)/t20-,29-/m1/s1. The molecule has 2 amide bonds. The largest absolute Gasteiger partial charge is 0.371 e. The van der Waals surface area contributed by atoms with Gasteiger partial charge >= 0.3 is 0 Å². The molecule has 0 bridgehead atoms. The van der Waals surface area contributed by atoms with Gasteiger partial charge in [-0.05, 0) is 48.6 Å². The Kier molecular flexibility index (Phi) is 7.17. The maximum Gasteiger partial charge on any atom is 0.237 e. The van der Waals surface area contributed by atoms with Crippen molar-refractivity contribution in [3.63, 3.8) is 0 Å². The van der Waals surface area contributed by atoms with Crippen LogP contribution in [0.3, 0.4) is 0 Å². The van der Waals surface area contributed by atoms with Crippen molar-refractivity contribution in [1.29, 1.82) is 0 Å². The van der Waals surface area contributed by atoms with E-state index in [0.29, 0.717) is 18.8 Å². The number of anilines is 1. The smallest absolute Gasteiger partial charge is 0.237 e. The van der Waals surface area contributed by atoms with Crippen molar-refractivity contribution in [2.24, 2.45) is 0 Å². The third kappa shape index (κ3) is 5.74. The Hall–Kier alpha value is -2.51. The number of nitrogens with one attached hydrogen (secondary N) is 2. The molecule has 1 heterocycles. The average molecular weight is 415 g/mol. The molecule has 6 nitrogen and oxygen atoms in total. The van der Waals surface area contributed by atoms with Gasteiger partial charge in [-0.25, -0.2) is 0 Å². The number of fused-ring (bicyclic) bond motifs is 1. The zero-order valence-corrected chi connectivity index (χ0v) is 17.5. The zero-order valence-electron chi connectivity index (χ0n) is 16.7. The Labute approximate surface area is 173 Å². The van der Waals surface area contributed by atoms with Gasteiger partial charge in [0.2, 0.25) is 11.8 Å². The fourth-order valence-electron chi connectivity index (χ4n) is 3.32. The van der Waals surface area contributed by atoms with E-state index in [2.05, 4.69) is 16.7 Å². The van der Waals surface area contributed by atoms with Gasteiger partial charge in [0, 0.05) is 23.0 Å². The van der Waals surface area contributed by atoms with Gasteiger partial charge in [0.25, 0.3) is 0 Å². The highest BCUT2D eigenvalue weighted by Gasteiger charge is 2.21. The first kappa shape index (κ1) is 21.2. The van der Waals surface area contributed by atoms with Crippen LogP contribution >= 0.6 is 0 Å². The van der Waals surface area contributed by atoms with Crippen molar-refractivity contribution < 1.29 is 18.5 Å². The van der Waals surface area contributed by atoms with Gasteiger partial charge in [-0.3, -0.25) is 13.8 Å². The van der Waals surface area contributed by atoms with E-state index in [9.17, 15) is 13.8 Å². The van der Waals surface area contributed by atoms with E-state index in [-0.39, 0.29) is 29.4 Å². The number of carbonyl (C=O) groups is 2. The topological polar surface area (TPSA) is 84.5 Å². The van der Waals surface area contributed by atoms with E-state index in [1.165, 1.54) is 5.56 Å². The number of benzene rings is 2. The number of carbonyl (C=O) groups excluding carboxylic acids is 2. The number of hydrogen-bond acceptors (Lipinski definition) is 4. The van der Waals surface area contributed by atoms with Crippen LogP contribution in [0.5, 0.6) is 0 Å². The molecule has 1 aliphatic rings. The fourth-order valence-corrected chi connectivity index (χ4v) is 4.18. The predicted molar refractivity (Wildman–Crippen MR) is 114 cm³/mol. The SMILES string of the molecule is Cc1cccc(NC(=O)C[S@](=O)CC(=O)NC[C@H]2OCCc3ccccc32)c1C. The van der Waals surface area contributed by atoms with Crippen LogP contribution in [0.4, 0.5) is 5.69 Å². The number of amides is 2. The summed E-state index contributed by atoms with van der Waals surface area (Å²) in [6.07, 6.45) is 0.658. The van der Waals surface area contributed by atoms with Crippen molar-refractivity contribution in [2.75, 3.05) is 30.0 Å². The molecule has 2 aromatic rings. The lowest BCUT2D eigenvalue weighted by Crippen LogP contribution is -2.35. The van der Waals surface area contributed by atoms with Crippen molar-refractivity contribution >= 4 is 28.3 Å². The third-order valence-electron chi connectivity index (χ3n) is 5.04. The molecule has 0 saturated heterocycles. The molecule has 0 aliphatic carbocycles. The lowest BCUT2D eigenvalue weighted by Gasteiger charge is -2.26. The molecule has 2 aromatic carbocycles. The molecule has 3 rings (SSSR count). The first-order valence-electron chi connectivity index (χ1n) is 9.61. The van der Waals surface area contributed by atoms with Crippen LogP contribution in [0, 0.1) is 13.8 Å². The molecule has 0 spiro atoms. The second-order valence-electron chi connectivity index (χ2n) is 7.14. The summed E-state index contributed by atoms with van der Waals surface area (Å²) in [7, 11) is -1.58. The first-order valence-corrected chi connectivity index (χ1v) is 11.1. The summed E-state index contributed by atoms with van der Waals surface area (Å²) < 4.78 is 18.0. The van der Waals surface area contributed by atoms with E-state index in [4.69, 9.17) is 4.74 Å². The van der Waals surface area contributed by atoms with Crippen molar-refractivity contribution in [1.82, 2.24) is 5.32 Å². The molecular weight excluding hydrogens is 388 g/mol. The lowest BCUT2D eigenvalue weighted by molar-refractivity contribution is -0.119. The Morgan fingerprint density at radius 2 is 1.83 bits per heavy atom. The third-order valence-corrected chi connectivity index (χ3v) is 6.21. The first-order chi connectivity index (χ1) is 13.9. The van der Waals surface area contributed by atoms with Crippen LogP contribution in [-0.4, -0.2) is 40.7 Å². The highest BCUT2D eigenvalue weighted by atomic mass is 32.2. The van der Waals surface area contributed by atoms with Crippen molar-refractivity contribution in [2.45, 2.75) is 26.4 Å². The predicted octanol–water partition coefficient (Wildman–Crippen LogP) is 2.42. The van der Waals surface area contributed by atoms with E-state index >= 15 is 0 Å². The van der Waals surface area contributed by atoms with Gasteiger partial charge in [0.15, 0.2) is 0 Å². The molecule has 154 valence electrons.